The number of rotatable bonds is 2. The van der Waals surface area contributed by atoms with Gasteiger partial charge in [-0.25, -0.2) is 9.97 Å². The Kier molecular flexibility index (Phi) is 3.59. The highest BCUT2D eigenvalue weighted by Gasteiger charge is 2.21. The number of fused-ring (bicyclic) bond motifs is 1. The predicted octanol–water partition coefficient (Wildman–Crippen LogP) is 2.54. The lowest BCUT2D eigenvalue weighted by atomic mass is 10.1. The van der Waals surface area contributed by atoms with Gasteiger partial charge in [0, 0.05) is 17.6 Å². The molecule has 1 aromatic carbocycles. The first-order chi connectivity index (χ1) is 10.5. The van der Waals surface area contributed by atoms with Crippen LogP contribution in [-0.2, 0) is 0 Å². The van der Waals surface area contributed by atoms with E-state index in [0.717, 1.165) is 0 Å². The van der Waals surface area contributed by atoms with Crippen LogP contribution >= 0.6 is 22.9 Å². The van der Waals surface area contributed by atoms with Gasteiger partial charge in [-0.1, -0.05) is 29.8 Å². The molecule has 0 spiro atoms. The zero-order valence-electron chi connectivity index (χ0n) is 11.6. The number of thiophene rings is 1. The van der Waals surface area contributed by atoms with Crippen molar-refractivity contribution in [1.29, 1.82) is 0 Å². The topological polar surface area (TPSA) is 107 Å². The summed E-state index contributed by atoms with van der Waals surface area (Å²) in [5, 5.41) is 3.67. The van der Waals surface area contributed by atoms with Crippen molar-refractivity contribution in [3.05, 3.63) is 34.2 Å². The van der Waals surface area contributed by atoms with Gasteiger partial charge < -0.3 is 16.8 Å². The van der Waals surface area contributed by atoms with E-state index in [0.29, 0.717) is 37.1 Å². The van der Waals surface area contributed by atoms with Crippen molar-refractivity contribution in [1.82, 2.24) is 15.3 Å². The highest BCUT2D eigenvalue weighted by Crippen LogP contribution is 2.40. The number of carbonyl (C=O) groups excluding carboxylic acids is 1. The highest BCUT2D eigenvalue weighted by atomic mass is 35.5. The molecular weight excluding hydrogens is 322 g/mol. The third-order valence-electron chi connectivity index (χ3n) is 3.17. The number of hydrogen-bond acceptors (Lipinski definition) is 6. The van der Waals surface area contributed by atoms with Crippen LogP contribution in [0.15, 0.2) is 24.3 Å². The minimum atomic E-state index is -0.274. The molecule has 2 heterocycles. The third-order valence-corrected chi connectivity index (χ3v) is 4.60. The number of nitrogens with zero attached hydrogens (tertiary/aromatic N) is 2. The molecular formula is C14H12ClN5OS. The molecule has 1 amide bonds. The van der Waals surface area contributed by atoms with Crippen molar-refractivity contribution in [3.63, 3.8) is 0 Å². The normalized spacial score (nSPS) is 10.8. The fourth-order valence-electron chi connectivity index (χ4n) is 2.17. The fourth-order valence-corrected chi connectivity index (χ4v) is 3.44. The summed E-state index contributed by atoms with van der Waals surface area (Å²) in [5.74, 6) is -0.170. The largest absolute Gasteiger partial charge is 0.397 e. The van der Waals surface area contributed by atoms with Crippen LogP contribution in [0.25, 0.3) is 21.5 Å². The van der Waals surface area contributed by atoms with E-state index in [1.807, 2.05) is 18.2 Å². The maximum atomic E-state index is 11.9. The zero-order chi connectivity index (χ0) is 15.9. The minimum absolute atomic E-state index is 0.104. The quantitative estimate of drug-likeness (QED) is 0.668. The summed E-state index contributed by atoms with van der Waals surface area (Å²) in [4.78, 5) is 21.3. The second-order valence-electron chi connectivity index (χ2n) is 4.51. The van der Waals surface area contributed by atoms with Gasteiger partial charge in [-0.2, -0.15) is 0 Å². The number of amides is 1. The average Bonchev–Trinajstić information content (AvgIpc) is 2.83. The predicted molar refractivity (Wildman–Crippen MR) is 90.1 cm³/mol. The lowest BCUT2D eigenvalue weighted by Gasteiger charge is -2.07. The Hall–Kier alpha value is -2.38. The Bertz CT molecular complexity index is 892. The summed E-state index contributed by atoms with van der Waals surface area (Å²) in [6.07, 6.45) is 0. The molecule has 0 fully saturated rings. The number of nitrogen functional groups attached to an aromatic ring is 2. The van der Waals surface area contributed by atoms with Gasteiger partial charge in [-0.3, -0.25) is 4.79 Å². The third kappa shape index (κ3) is 2.24. The lowest BCUT2D eigenvalue weighted by molar-refractivity contribution is 0.0968. The molecule has 8 heteroatoms. The van der Waals surface area contributed by atoms with Gasteiger partial charge in [0.25, 0.3) is 5.91 Å². The number of halogens is 1. The van der Waals surface area contributed by atoms with Crippen LogP contribution in [0.2, 0.25) is 5.02 Å². The lowest BCUT2D eigenvalue weighted by Crippen LogP contribution is -2.17. The van der Waals surface area contributed by atoms with Gasteiger partial charge in [-0.05, 0) is 6.07 Å². The Morgan fingerprint density at radius 2 is 2.00 bits per heavy atom. The maximum Gasteiger partial charge on any atom is 0.263 e. The summed E-state index contributed by atoms with van der Waals surface area (Å²) in [6.45, 7) is 0. The molecule has 0 atom stereocenters. The van der Waals surface area contributed by atoms with Gasteiger partial charge in [-0.15, -0.1) is 11.3 Å². The van der Waals surface area contributed by atoms with E-state index < -0.39 is 0 Å². The molecule has 0 aliphatic carbocycles. The van der Waals surface area contributed by atoms with Crippen LogP contribution in [0.5, 0.6) is 0 Å². The van der Waals surface area contributed by atoms with E-state index in [1.54, 1.807) is 13.1 Å². The van der Waals surface area contributed by atoms with Crippen molar-refractivity contribution in [3.8, 4) is 11.3 Å². The second kappa shape index (κ2) is 5.43. The van der Waals surface area contributed by atoms with Crippen molar-refractivity contribution in [2.24, 2.45) is 0 Å². The van der Waals surface area contributed by atoms with Gasteiger partial charge >= 0.3 is 0 Å². The Labute approximate surface area is 135 Å². The van der Waals surface area contributed by atoms with E-state index in [4.69, 9.17) is 23.1 Å². The number of nitrogens with two attached hydrogens (primary N) is 2. The number of benzene rings is 1. The molecule has 0 saturated heterocycles. The molecule has 5 N–H and O–H groups in total. The van der Waals surface area contributed by atoms with Crippen LogP contribution in [0.3, 0.4) is 0 Å². The van der Waals surface area contributed by atoms with Gasteiger partial charge in [0.2, 0.25) is 5.95 Å². The molecule has 0 unspecified atom stereocenters. The number of hydrogen-bond donors (Lipinski definition) is 3. The zero-order valence-corrected chi connectivity index (χ0v) is 13.1. The first kappa shape index (κ1) is 14.6. The summed E-state index contributed by atoms with van der Waals surface area (Å²) in [7, 11) is 1.54. The number of anilines is 2. The molecule has 0 radical (unpaired) electrons. The van der Waals surface area contributed by atoms with Crippen LogP contribution in [-0.4, -0.2) is 22.9 Å². The minimum Gasteiger partial charge on any atom is -0.397 e. The summed E-state index contributed by atoms with van der Waals surface area (Å²) in [6, 6.07) is 7.23. The summed E-state index contributed by atoms with van der Waals surface area (Å²) < 4.78 is 0. The highest BCUT2D eigenvalue weighted by molar-refractivity contribution is 7.21. The molecule has 3 aromatic rings. The SMILES string of the molecule is CNC(=O)c1sc2nc(N)nc(-c3ccccc3Cl)c2c1N. The van der Waals surface area contributed by atoms with Crippen LogP contribution in [0, 0.1) is 0 Å². The molecule has 0 saturated carbocycles. The second-order valence-corrected chi connectivity index (χ2v) is 5.92. The molecule has 2 aromatic heterocycles. The van der Waals surface area contributed by atoms with Crippen molar-refractivity contribution >= 4 is 50.7 Å². The molecule has 112 valence electrons. The molecule has 0 aliphatic rings. The molecule has 0 aliphatic heterocycles. The van der Waals surface area contributed by atoms with Crippen LogP contribution in [0.4, 0.5) is 11.6 Å². The molecule has 0 bridgehead atoms. The van der Waals surface area contributed by atoms with Crippen molar-refractivity contribution < 1.29 is 4.79 Å². The van der Waals surface area contributed by atoms with E-state index in [9.17, 15) is 4.79 Å². The number of aromatic nitrogens is 2. The Morgan fingerprint density at radius 1 is 1.27 bits per heavy atom. The van der Waals surface area contributed by atoms with E-state index in [1.165, 1.54) is 11.3 Å². The summed E-state index contributed by atoms with van der Waals surface area (Å²) >= 11 is 7.42. The summed E-state index contributed by atoms with van der Waals surface area (Å²) in [5.41, 5.74) is 13.5. The Balaban J connectivity index is 2.38. The smallest absolute Gasteiger partial charge is 0.263 e. The van der Waals surface area contributed by atoms with Crippen LogP contribution < -0.4 is 16.8 Å². The number of carbonyl (C=O) groups is 1. The van der Waals surface area contributed by atoms with Crippen LogP contribution in [0.1, 0.15) is 9.67 Å². The van der Waals surface area contributed by atoms with Crippen molar-refractivity contribution in [2.75, 3.05) is 18.5 Å². The van der Waals surface area contributed by atoms with Gasteiger partial charge in [0.1, 0.15) is 9.71 Å². The average molecular weight is 334 g/mol. The molecule has 22 heavy (non-hydrogen) atoms. The Morgan fingerprint density at radius 3 is 2.68 bits per heavy atom. The van der Waals surface area contributed by atoms with Gasteiger partial charge in [0.15, 0.2) is 0 Å². The monoisotopic (exact) mass is 333 g/mol. The molecule has 6 nitrogen and oxygen atoms in total. The number of nitrogens with one attached hydrogen (secondary N) is 1. The first-order valence-electron chi connectivity index (χ1n) is 6.35. The van der Waals surface area contributed by atoms with E-state index in [-0.39, 0.29) is 11.9 Å². The fraction of sp³-hybridized carbons (Fsp3) is 0.0714. The maximum absolute atomic E-state index is 11.9. The molecule has 3 rings (SSSR count). The van der Waals surface area contributed by atoms with Crippen molar-refractivity contribution in [2.45, 2.75) is 0 Å². The van der Waals surface area contributed by atoms with E-state index >= 15 is 0 Å². The first-order valence-corrected chi connectivity index (χ1v) is 7.54. The van der Waals surface area contributed by atoms with E-state index in [2.05, 4.69) is 15.3 Å². The standard InChI is InChI=1S/C14H12ClN5OS/c1-18-12(21)11-9(16)8-10(6-4-2-3-5-7(6)15)19-14(17)20-13(8)22-11/h2-5H,16H2,1H3,(H,18,21)(H2,17,19,20). The van der Waals surface area contributed by atoms with Gasteiger partial charge in [0.05, 0.1) is 16.8 Å².